The molecule has 3 aromatic rings. The molecule has 3 rings (SSSR count). The number of benzene rings is 1. The fraction of sp³-hybridized carbons (Fsp3) is 0.333. The van der Waals surface area contributed by atoms with E-state index in [-0.39, 0.29) is 6.54 Å². The molecule has 2 N–H and O–H groups in total. The predicted octanol–water partition coefficient (Wildman–Crippen LogP) is 1.06. The number of tetrazole rings is 1. The van der Waals surface area contributed by atoms with Crippen molar-refractivity contribution >= 4 is 17.5 Å². The normalized spacial score (nSPS) is 10.7. The molecule has 28 heavy (non-hydrogen) atoms. The Kier molecular flexibility index (Phi) is 5.48. The summed E-state index contributed by atoms with van der Waals surface area (Å²) in [5, 5.41) is 21.0. The average molecular weight is 382 g/mol. The first-order valence-corrected chi connectivity index (χ1v) is 8.88. The van der Waals surface area contributed by atoms with Gasteiger partial charge in [-0.2, -0.15) is 9.78 Å². The topological polar surface area (TPSA) is 120 Å². The summed E-state index contributed by atoms with van der Waals surface area (Å²) in [6, 6.07) is 6.92. The van der Waals surface area contributed by atoms with E-state index in [0.29, 0.717) is 17.2 Å². The van der Waals surface area contributed by atoms with Crippen LogP contribution < -0.4 is 10.6 Å². The Morgan fingerprint density at radius 1 is 1.14 bits per heavy atom. The largest absolute Gasteiger partial charge is 0.344 e. The van der Waals surface area contributed by atoms with Crippen molar-refractivity contribution in [3.05, 3.63) is 47.0 Å². The van der Waals surface area contributed by atoms with Crippen molar-refractivity contribution in [3.8, 4) is 5.69 Å². The minimum Gasteiger partial charge on any atom is -0.344 e. The number of carbonyl (C=O) groups is 2. The highest BCUT2D eigenvalue weighted by atomic mass is 16.2. The van der Waals surface area contributed by atoms with Gasteiger partial charge < -0.3 is 10.6 Å². The number of nitrogens with one attached hydrogen (secondary N) is 2. The summed E-state index contributed by atoms with van der Waals surface area (Å²) in [6.07, 6.45) is 0. The van der Waals surface area contributed by atoms with E-state index in [1.165, 1.54) is 4.68 Å². The summed E-state index contributed by atoms with van der Waals surface area (Å²) in [5.74, 6) is -0.851. The lowest BCUT2D eigenvalue weighted by atomic mass is 10.2. The summed E-state index contributed by atoms with van der Waals surface area (Å²) >= 11 is 0. The molecular formula is C18H22N8O2. The van der Waals surface area contributed by atoms with Crippen molar-refractivity contribution in [1.29, 1.82) is 0 Å². The van der Waals surface area contributed by atoms with Gasteiger partial charge in [-0.25, -0.2) is 0 Å². The van der Waals surface area contributed by atoms with Gasteiger partial charge in [-0.05, 0) is 56.3 Å². The van der Waals surface area contributed by atoms with Gasteiger partial charge in [0.05, 0.1) is 11.4 Å². The fourth-order valence-electron chi connectivity index (χ4n) is 2.92. The molecule has 1 aromatic carbocycles. The number of hydrogen-bond acceptors (Lipinski definition) is 6. The van der Waals surface area contributed by atoms with Crippen LogP contribution in [0.5, 0.6) is 0 Å². The third kappa shape index (κ3) is 3.90. The second kappa shape index (κ2) is 7.99. The summed E-state index contributed by atoms with van der Waals surface area (Å²) in [5.41, 5.74) is 3.88. The molecule has 0 saturated carbocycles. The van der Waals surface area contributed by atoms with E-state index in [0.717, 1.165) is 23.5 Å². The Morgan fingerprint density at radius 3 is 2.57 bits per heavy atom. The lowest BCUT2D eigenvalue weighted by molar-refractivity contribution is -0.136. The van der Waals surface area contributed by atoms with Crippen LogP contribution >= 0.6 is 0 Å². The Morgan fingerprint density at radius 2 is 1.93 bits per heavy atom. The Balaban J connectivity index is 1.64. The second-order valence-electron chi connectivity index (χ2n) is 6.29. The molecule has 2 heterocycles. The zero-order valence-electron chi connectivity index (χ0n) is 16.2. The summed E-state index contributed by atoms with van der Waals surface area (Å²) in [4.78, 5) is 24.4. The van der Waals surface area contributed by atoms with Gasteiger partial charge in [-0.15, -0.1) is 5.10 Å². The van der Waals surface area contributed by atoms with Gasteiger partial charge in [0.1, 0.15) is 0 Å². The zero-order chi connectivity index (χ0) is 20.3. The average Bonchev–Trinajstić information content (AvgIpc) is 3.22. The minimum absolute atomic E-state index is 0.244. The van der Waals surface area contributed by atoms with E-state index in [1.54, 1.807) is 31.2 Å². The van der Waals surface area contributed by atoms with Gasteiger partial charge in [0.2, 0.25) is 0 Å². The van der Waals surface area contributed by atoms with Gasteiger partial charge >= 0.3 is 11.8 Å². The molecule has 146 valence electrons. The van der Waals surface area contributed by atoms with E-state index >= 15 is 0 Å². The van der Waals surface area contributed by atoms with Crippen LogP contribution in [0.1, 0.15) is 29.7 Å². The minimum atomic E-state index is -0.747. The summed E-state index contributed by atoms with van der Waals surface area (Å²) < 4.78 is 3.40. The van der Waals surface area contributed by atoms with Crippen molar-refractivity contribution in [2.45, 2.75) is 40.8 Å². The van der Waals surface area contributed by atoms with Crippen molar-refractivity contribution in [1.82, 2.24) is 35.3 Å². The van der Waals surface area contributed by atoms with Crippen LogP contribution in [-0.2, 0) is 22.7 Å². The molecule has 10 heteroatoms. The molecule has 0 fully saturated rings. The highest BCUT2D eigenvalue weighted by Crippen LogP contribution is 2.15. The van der Waals surface area contributed by atoms with E-state index < -0.39 is 11.8 Å². The number of nitrogens with zero attached hydrogens (tertiary/aromatic N) is 6. The smallest absolute Gasteiger partial charge is 0.313 e. The molecule has 0 atom stereocenters. The number of hydrogen-bond donors (Lipinski definition) is 2. The standard InChI is InChI=1S/C18H22N8O2/c1-5-25-12(3)16(11(2)22-25)10-19-17(27)18(28)20-14-7-6-8-15(9-14)26-13(4)21-23-24-26/h6-9H,5,10H2,1-4H3,(H,19,27)(H,20,28). The molecule has 0 aliphatic carbocycles. The molecule has 2 aromatic heterocycles. The fourth-order valence-corrected chi connectivity index (χ4v) is 2.92. The van der Waals surface area contributed by atoms with Crippen LogP contribution in [0.2, 0.25) is 0 Å². The van der Waals surface area contributed by atoms with Crippen LogP contribution in [0.25, 0.3) is 5.69 Å². The van der Waals surface area contributed by atoms with Crippen LogP contribution in [0, 0.1) is 20.8 Å². The molecule has 0 saturated heterocycles. The van der Waals surface area contributed by atoms with Crippen molar-refractivity contribution in [2.24, 2.45) is 0 Å². The Labute approximate surface area is 161 Å². The predicted molar refractivity (Wildman–Crippen MR) is 102 cm³/mol. The lowest BCUT2D eigenvalue weighted by Gasteiger charge is -2.09. The monoisotopic (exact) mass is 382 g/mol. The number of carbonyl (C=O) groups excluding carboxylic acids is 2. The first-order chi connectivity index (χ1) is 13.4. The molecule has 0 bridgehead atoms. The van der Waals surface area contributed by atoms with Crippen LogP contribution in [0.4, 0.5) is 5.69 Å². The first kappa shape index (κ1) is 19.2. The number of anilines is 1. The number of aromatic nitrogens is 6. The van der Waals surface area contributed by atoms with Crippen LogP contribution in [0.15, 0.2) is 24.3 Å². The van der Waals surface area contributed by atoms with Gasteiger partial charge in [0.15, 0.2) is 5.82 Å². The van der Waals surface area contributed by atoms with E-state index in [2.05, 4.69) is 31.3 Å². The Hall–Kier alpha value is -3.56. The molecule has 0 aliphatic rings. The maximum absolute atomic E-state index is 12.2. The van der Waals surface area contributed by atoms with Crippen molar-refractivity contribution in [2.75, 3.05) is 5.32 Å². The van der Waals surface area contributed by atoms with Gasteiger partial charge in [0, 0.05) is 30.0 Å². The van der Waals surface area contributed by atoms with E-state index in [9.17, 15) is 9.59 Å². The maximum atomic E-state index is 12.2. The molecular weight excluding hydrogens is 360 g/mol. The molecule has 10 nitrogen and oxygen atoms in total. The summed E-state index contributed by atoms with van der Waals surface area (Å²) in [7, 11) is 0. The highest BCUT2D eigenvalue weighted by Gasteiger charge is 2.17. The molecule has 0 unspecified atom stereocenters. The van der Waals surface area contributed by atoms with Crippen LogP contribution in [-0.4, -0.2) is 41.8 Å². The van der Waals surface area contributed by atoms with Gasteiger partial charge in [-0.1, -0.05) is 6.07 Å². The van der Waals surface area contributed by atoms with Crippen LogP contribution in [0.3, 0.4) is 0 Å². The third-order valence-electron chi connectivity index (χ3n) is 4.44. The third-order valence-corrected chi connectivity index (χ3v) is 4.44. The van der Waals surface area contributed by atoms with Crippen molar-refractivity contribution < 1.29 is 9.59 Å². The maximum Gasteiger partial charge on any atom is 0.313 e. The first-order valence-electron chi connectivity index (χ1n) is 8.88. The lowest BCUT2D eigenvalue weighted by Crippen LogP contribution is -2.35. The van der Waals surface area contributed by atoms with E-state index in [1.807, 2.05) is 25.5 Å². The molecule has 0 radical (unpaired) electrons. The molecule has 0 spiro atoms. The number of rotatable bonds is 5. The molecule has 2 amide bonds. The number of aryl methyl sites for hydroxylation is 3. The van der Waals surface area contributed by atoms with Crippen molar-refractivity contribution in [3.63, 3.8) is 0 Å². The molecule has 0 aliphatic heterocycles. The summed E-state index contributed by atoms with van der Waals surface area (Å²) in [6.45, 7) is 8.58. The van der Waals surface area contributed by atoms with E-state index in [4.69, 9.17) is 0 Å². The zero-order valence-corrected chi connectivity index (χ0v) is 16.2. The SMILES string of the molecule is CCn1nc(C)c(CNC(=O)C(=O)Nc2cccc(-n3nnnc3C)c2)c1C. The Bertz CT molecular complexity index is 1020. The van der Waals surface area contributed by atoms with Gasteiger partial charge in [-0.3, -0.25) is 14.3 Å². The highest BCUT2D eigenvalue weighted by molar-refractivity contribution is 6.39. The number of amides is 2. The quantitative estimate of drug-likeness (QED) is 0.637. The van der Waals surface area contributed by atoms with Gasteiger partial charge in [0.25, 0.3) is 0 Å². The second-order valence-corrected chi connectivity index (χ2v) is 6.29.